The first kappa shape index (κ1) is 12.8. The molecule has 15 heavy (non-hydrogen) atoms. The van der Waals surface area contributed by atoms with Gasteiger partial charge in [-0.15, -0.1) is 0 Å². The lowest BCUT2D eigenvalue weighted by Gasteiger charge is -2.22. The van der Waals surface area contributed by atoms with Gasteiger partial charge in [0, 0.05) is 8.07 Å². The first-order chi connectivity index (χ1) is 6.99. The van der Waals surface area contributed by atoms with Crippen LogP contribution in [-0.4, -0.2) is 8.07 Å². The average Bonchev–Trinajstić information content (AvgIpc) is 2.17. The van der Waals surface area contributed by atoms with Gasteiger partial charge in [0.05, 0.1) is 0 Å². The zero-order chi connectivity index (χ0) is 11.3. The van der Waals surface area contributed by atoms with Gasteiger partial charge in [-0.1, -0.05) is 63.2 Å². The van der Waals surface area contributed by atoms with Crippen molar-refractivity contribution >= 4 is 8.07 Å². The highest BCUT2D eigenvalue weighted by atomic mass is 28.3. The van der Waals surface area contributed by atoms with E-state index >= 15 is 0 Å². The second kappa shape index (κ2) is 5.69. The molecular weight excluding hydrogens is 196 g/mol. The number of hydrogen-bond acceptors (Lipinski definition) is 0. The molecule has 0 unspecified atom stereocenters. The molecule has 0 amide bonds. The molecule has 0 aromatic carbocycles. The van der Waals surface area contributed by atoms with Gasteiger partial charge in [0.2, 0.25) is 0 Å². The molecule has 0 nitrogen and oxygen atoms in total. The summed E-state index contributed by atoms with van der Waals surface area (Å²) in [4.78, 5) is 0. The van der Waals surface area contributed by atoms with Crippen molar-refractivity contribution in [2.24, 2.45) is 5.92 Å². The van der Waals surface area contributed by atoms with Crippen molar-refractivity contribution in [2.75, 3.05) is 0 Å². The third kappa shape index (κ3) is 5.36. The van der Waals surface area contributed by atoms with Crippen molar-refractivity contribution < 1.29 is 0 Å². The predicted molar refractivity (Wildman–Crippen MR) is 73.0 cm³/mol. The summed E-state index contributed by atoms with van der Waals surface area (Å²) in [7, 11) is -0.901. The lowest BCUT2D eigenvalue weighted by atomic mass is 9.84. The maximum absolute atomic E-state index is 4.23. The van der Waals surface area contributed by atoms with Crippen LogP contribution in [-0.2, 0) is 0 Å². The summed E-state index contributed by atoms with van der Waals surface area (Å²) in [5.74, 6) is 0.789. The van der Waals surface area contributed by atoms with E-state index in [0.29, 0.717) is 0 Å². The minimum atomic E-state index is -0.901. The molecule has 86 valence electrons. The van der Waals surface area contributed by atoms with Crippen LogP contribution in [0.25, 0.3) is 0 Å². The lowest BCUT2D eigenvalue weighted by molar-refractivity contribution is 0.409. The third-order valence-corrected chi connectivity index (χ3v) is 4.65. The van der Waals surface area contributed by atoms with Crippen LogP contribution in [0.3, 0.4) is 0 Å². The van der Waals surface area contributed by atoms with Crippen LogP contribution in [0.15, 0.2) is 24.3 Å². The van der Waals surface area contributed by atoms with Crippen molar-refractivity contribution in [1.29, 1.82) is 0 Å². The second-order valence-corrected chi connectivity index (χ2v) is 11.6. The van der Waals surface area contributed by atoms with Crippen molar-refractivity contribution in [2.45, 2.75) is 57.8 Å². The highest BCUT2D eigenvalue weighted by Crippen LogP contribution is 2.29. The summed E-state index contributed by atoms with van der Waals surface area (Å²) in [5, 5.41) is 0. The van der Waals surface area contributed by atoms with Crippen molar-refractivity contribution in [3.8, 4) is 0 Å². The standard InChI is InChI=1S/C14H26Si/c1-13(9-8-12-15(2,3)4)14-10-6-5-7-11-14/h8-9,14H,1,5-7,10-12H2,2-4H3/b9-8-. The van der Waals surface area contributed by atoms with Gasteiger partial charge in [0.1, 0.15) is 0 Å². The Bertz CT molecular complexity index is 226. The Balaban J connectivity index is 2.34. The molecular formula is C14H26Si. The van der Waals surface area contributed by atoms with Crippen LogP contribution in [0.5, 0.6) is 0 Å². The summed E-state index contributed by atoms with van der Waals surface area (Å²) < 4.78 is 0. The van der Waals surface area contributed by atoms with Gasteiger partial charge in [-0.25, -0.2) is 0 Å². The largest absolute Gasteiger partial charge is 0.0956 e. The molecule has 0 radical (unpaired) electrons. The van der Waals surface area contributed by atoms with E-state index in [4.69, 9.17) is 0 Å². The molecule has 0 heterocycles. The molecule has 0 aromatic rings. The Morgan fingerprint density at radius 3 is 2.33 bits per heavy atom. The topological polar surface area (TPSA) is 0 Å². The smallest absolute Gasteiger partial charge is 0.0480 e. The summed E-state index contributed by atoms with van der Waals surface area (Å²) in [6.45, 7) is 11.5. The normalized spacial score (nSPS) is 19.7. The maximum Gasteiger partial charge on any atom is 0.0480 e. The molecule has 0 saturated heterocycles. The van der Waals surface area contributed by atoms with Gasteiger partial charge in [-0.05, 0) is 24.8 Å². The minimum absolute atomic E-state index is 0.789. The maximum atomic E-state index is 4.23. The van der Waals surface area contributed by atoms with Crippen molar-refractivity contribution in [3.05, 3.63) is 24.3 Å². The van der Waals surface area contributed by atoms with Gasteiger partial charge in [0.25, 0.3) is 0 Å². The molecule has 0 aliphatic heterocycles. The van der Waals surface area contributed by atoms with Crippen LogP contribution in [0, 0.1) is 5.92 Å². The van der Waals surface area contributed by atoms with Crippen molar-refractivity contribution in [1.82, 2.24) is 0 Å². The lowest BCUT2D eigenvalue weighted by Crippen LogP contribution is -2.17. The SMILES string of the molecule is C=C(/C=C\C[Si](C)(C)C)C1CCCCC1. The molecule has 1 aliphatic carbocycles. The fourth-order valence-corrected chi connectivity index (χ4v) is 3.00. The fourth-order valence-electron chi connectivity index (χ4n) is 2.17. The molecule has 0 bridgehead atoms. The van der Waals surface area contributed by atoms with E-state index in [1.807, 2.05) is 0 Å². The van der Waals surface area contributed by atoms with Gasteiger partial charge in [-0.2, -0.15) is 0 Å². The second-order valence-electron chi connectivity index (χ2n) is 6.08. The van der Waals surface area contributed by atoms with E-state index in [1.165, 1.54) is 43.7 Å². The Kier molecular flexibility index (Phi) is 4.84. The summed E-state index contributed by atoms with van der Waals surface area (Å²) >= 11 is 0. The first-order valence-corrected chi connectivity index (χ1v) is 10.0. The average molecular weight is 222 g/mol. The quantitative estimate of drug-likeness (QED) is 0.463. The molecule has 0 N–H and O–H groups in total. The molecule has 1 fully saturated rings. The van der Waals surface area contributed by atoms with E-state index in [-0.39, 0.29) is 0 Å². The third-order valence-electron chi connectivity index (χ3n) is 3.19. The zero-order valence-corrected chi connectivity index (χ0v) is 11.7. The number of hydrogen-bond donors (Lipinski definition) is 0. The van der Waals surface area contributed by atoms with E-state index in [9.17, 15) is 0 Å². The van der Waals surface area contributed by atoms with Crippen LogP contribution in [0.1, 0.15) is 32.1 Å². The van der Waals surface area contributed by atoms with Gasteiger partial charge in [-0.3, -0.25) is 0 Å². The van der Waals surface area contributed by atoms with Crippen LogP contribution >= 0.6 is 0 Å². The van der Waals surface area contributed by atoms with E-state index in [1.54, 1.807) is 0 Å². The van der Waals surface area contributed by atoms with E-state index < -0.39 is 8.07 Å². The minimum Gasteiger partial charge on any atom is -0.0956 e. The summed E-state index contributed by atoms with van der Waals surface area (Å²) in [6, 6.07) is 1.29. The molecule has 1 rings (SSSR count). The number of allylic oxidation sites excluding steroid dienone is 3. The Morgan fingerprint density at radius 2 is 1.80 bits per heavy atom. The summed E-state index contributed by atoms with van der Waals surface area (Å²) in [5.41, 5.74) is 1.38. The predicted octanol–water partition coefficient (Wildman–Crippen LogP) is 5.02. The molecule has 1 saturated carbocycles. The summed E-state index contributed by atoms with van der Waals surface area (Å²) in [6.07, 6.45) is 11.7. The Hall–Kier alpha value is -0.303. The van der Waals surface area contributed by atoms with E-state index in [0.717, 1.165) is 5.92 Å². The first-order valence-electron chi connectivity index (χ1n) is 6.34. The van der Waals surface area contributed by atoms with Gasteiger partial charge >= 0.3 is 0 Å². The van der Waals surface area contributed by atoms with Crippen LogP contribution < -0.4 is 0 Å². The molecule has 0 aromatic heterocycles. The van der Waals surface area contributed by atoms with Crippen LogP contribution in [0.2, 0.25) is 25.7 Å². The molecule has 0 spiro atoms. The highest BCUT2D eigenvalue weighted by molar-refractivity contribution is 6.76. The van der Waals surface area contributed by atoms with Gasteiger partial charge in [0.15, 0.2) is 0 Å². The fraction of sp³-hybridized carbons (Fsp3) is 0.714. The van der Waals surface area contributed by atoms with Crippen LogP contribution in [0.4, 0.5) is 0 Å². The molecule has 1 aliphatic rings. The highest BCUT2D eigenvalue weighted by Gasteiger charge is 2.15. The molecule has 0 atom stereocenters. The monoisotopic (exact) mass is 222 g/mol. The zero-order valence-electron chi connectivity index (χ0n) is 10.7. The van der Waals surface area contributed by atoms with Gasteiger partial charge < -0.3 is 0 Å². The molecule has 1 heteroatoms. The van der Waals surface area contributed by atoms with E-state index in [2.05, 4.69) is 38.4 Å². The Morgan fingerprint density at radius 1 is 1.20 bits per heavy atom. The van der Waals surface area contributed by atoms with Crippen molar-refractivity contribution in [3.63, 3.8) is 0 Å². The number of rotatable bonds is 4. The Labute approximate surface area is 96.5 Å².